The number of Topliss-reactive ketones (excluding diaryl/α,β-unsaturated/α-hetero) is 1. The van der Waals surface area contributed by atoms with Crippen LogP contribution >= 0.6 is 0 Å². The van der Waals surface area contributed by atoms with Crippen molar-refractivity contribution in [1.82, 2.24) is 10.2 Å². The van der Waals surface area contributed by atoms with Gasteiger partial charge < -0.3 is 15.0 Å². The van der Waals surface area contributed by atoms with Gasteiger partial charge in [-0.1, -0.05) is 6.07 Å². The van der Waals surface area contributed by atoms with E-state index in [1.807, 2.05) is 0 Å². The Morgan fingerprint density at radius 2 is 2.17 bits per heavy atom. The van der Waals surface area contributed by atoms with Gasteiger partial charge in [-0.25, -0.2) is 14.0 Å². The Kier molecular flexibility index (Phi) is 3.63. The number of urea groups is 1. The van der Waals surface area contributed by atoms with Crippen molar-refractivity contribution < 1.29 is 23.5 Å². The van der Waals surface area contributed by atoms with Gasteiger partial charge in [0.15, 0.2) is 5.78 Å². The minimum absolute atomic E-state index is 0.186. The molecule has 120 valence electrons. The summed E-state index contributed by atoms with van der Waals surface area (Å²) in [6.07, 6.45) is 0. The van der Waals surface area contributed by atoms with E-state index in [1.165, 1.54) is 17.0 Å². The van der Waals surface area contributed by atoms with Gasteiger partial charge in [0, 0.05) is 11.3 Å². The average Bonchev–Trinajstić information content (AvgIpc) is 2.49. The van der Waals surface area contributed by atoms with Gasteiger partial charge in [0.1, 0.15) is 5.82 Å². The normalized spacial score (nSPS) is 20.0. The molecular weight excluding hydrogens is 303 g/mol. The molecule has 0 saturated heterocycles. The SMILES string of the molecule is CCOC(=O)C1=C(C)NC(=O)N2CC(=O)c3cc(F)ccc3C12. The summed E-state index contributed by atoms with van der Waals surface area (Å²) in [4.78, 5) is 38.0. The van der Waals surface area contributed by atoms with Crippen molar-refractivity contribution in [2.75, 3.05) is 13.2 Å². The molecule has 23 heavy (non-hydrogen) atoms. The smallest absolute Gasteiger partial charge is 0.338 e. The lowest BCUT2D eigenvalue weighted by Crippen LogP contribution is -2.52. The summed E-state index contributed by atoms with van der Waals surface area (Å²) < 4.78 is 18.5. The number of nitrogens with one attached hydrogen (secondary N) is 1. The third-order valence-electron chi connectivity index (χ3n) is 3.96. The van der Waals surface area contributed by atoms with Crippen LogP contribution in [0.3, 0.4) is 0 Å². The number of nitrogens with zero attached hydrogens (tertiary/aromatic N) is 1. The molecule has 2 heterocycles. The second kappa shape index (κ2) is 5.49. The molecule has 2 amide bonds. The van der Waals surface area contributed by atoms with E-state index in [0.29, 0.717) is 11.3 Å². The highest BCUT2D eigenvalue weighted by molar-refractivity contribution is 6.05. The Morgan fingerprint density at radius 3 is 2.87 bits per heavy atom. The van der Waals surface area contributed by atoms with E-state index < -0.39 is 23.9 Å². The first-order valence-corrected chi connectivity index (χ1v) is 7.22. The monoisotopic (exact) mass is 318 g/mol. The number of hydrogen-bond donors (Lipinski definition) is 1. The largest absolute Gasteiger partial charge is 0.463 e. The van der Waals surface area contributed by atoms with E-state index in [0.717, 1.165) is 6.07 Å². The van der Waals surface area contributed by atoms with Crippen molar-refractivity contribution in [3.8, 4) is 0 Å². The highest BCUT2D eigenvalue weighted by Gasteiger charge is 2.43. The van der Waals surface area contributed by atoms with Crippen molar-refractivity contribution in [2.24, 2.45) is 0 Å². The minimum Gasteiger partial charge on any atom is -0.463 e. The molecule has 0 radical (unpaired) electrons. The van der Waals surface area contributed by atoms with Crippen LogP contribution in [0.4, 0.5) is 9.18 Å². The van der Waals surface area contributed by atoms with E-state index in [1.54, 1.807) is 13.8 Å². The van der Waals surface area contributed by atoms with Gasteiger partial charge in [-0.2, -0.15) is 0 Å². The van der Waals surface area contributed by atoms with Crippen LogP contribution in [0.5, 0.6) is 0 Å². The van der Waals surface area contributed by atoms with E-state index in [9.17, 15) is 18.8 Å². The molecule has 7 heteroatoms. The molecular formula is C16H15FN2O4. The summed E-state index contributed by atoms with van der Waals surface area (Å²) in [7, 11) is 0. The molecule has 2 aliphatic heterocycles. The van der Waals surface area contributed by atoms with Gasteiger partial charge in [0.25, 0.3) is 0 Å². The topological polar surface area (TPSA) is 75.7 Å². The number of esters is 1. The van der Waals surface area contributed by atoms with Crippen LogP contribution in [0.25, 0.3) is 0 Å². The molecule has 2 aliphatic rings. The van der Waals surface area contributed by atoms with Gasteiger partial charge in [-0.05, 0) is 31.5 Å². The third-order valence-corrected chi connectivity index (χ3v) is 3.96. The molecule has 0 aromatic heterocycles. The maximum atomic E-state index is 13.5. The molecule has 1 unspecified atom stereocenters. The Balaban J connectivity index is 2.19. The maximum absolute atomic E-state index is 13.5. The Hall–Kier alpha value is -2.70. The summed E-state index contributed by atoms with van der Waals surface area (Å²) in [5.41, 5.74) is 1.25. The molecule has 1 aromatic carbocycles. The molecule has 1 atom stereocenters. The fraction of sp³-hybridized carbons (Fsp3) is 0.312. The number of benzene rings is 1. The van der Waals surface area contributed by atoms with Crippen LogP contribution in [0.2, 0.25) is 0 Å². The van der Waals surface area contributed by atoms with Gasteiger partial charge in [-0.3, -0.25) is 4.79 Å². The number of carbonyl (C=O) groups is 3. The average molecular weight is 318 g/mol. The predicted octanol–water partition coefficient (Wildman–Crippen LogP) is 1.93. The second-order valence-electron chi connectivity index (χ2n) is 5.37. The maximum Gasteiger partial charge on any atom is 0.338 e. The summed E-state index contributed by atoms with van der Waals surface area (Å²) in [6.45, 7) is 3.25. The highest BCUT2D eigenvalue weighted by atomic mass is 19.1. The molecule has 0 aliphatic carbocycles. The lowest BCUT2D eigenvalue weighted by molar-refractivity contribution is -0.139. The van der Waals surface area contributed by atoms with Crippen molar-refractivity contribution in [3.63, 3.8) is 0 Å². The Morgan fingerprint density at radius 1 is 1.43 bits per heavy atom. The quantitative estimate of drug-likeness (QED) is 0.845. The Labute approximate surface area is 131 Å². The molecule has 3 rings (SSSR count). The van der Waals surface area contributed by atoms with Crippen molar-refractivity contribution in [3.05, 3.63) is 46.4 Å². The fourth-order valence-electron chi connectivity index (χ4n) is 2.99. The zero-order chi connectivity index (χ0) is 16.7. The minimum atomic E-state index is -0.754. The van der Waals surface area contributed by atoms with Crippen LogP contribution in [-0.2, 0) is 9.53 Å². The van der Waals surface area contributed by atoms with E-state index in [-0.39, 0.29) is 30.1 Å². The lowest BCUT2D eigenvalue weighted by atomic mass is 9.85. The molecule has 0 fully saturated rings. The number of ether oxygens (including phenoxy) is 1. The summed E-state index contributed by atoms with van der Waals surface area (Å²) in [6, 6.07) is 2.56. The third kappa shape index (κ3) is 2.38. The predicted molar refractivity (Wildman–Crippen MR) is 78.0 cm³/mol. The first-order valence-electron chi connectivity index (χ1n) is 7.22. The zero-order valence-corrected chi connectivity index (χ0v) is 12.7. The number of halogens is 1. The van der Waals surface area contributed by atoms with Crippen LogP contribution in [0.1, 0.15) is 35.8 Å². The Bertz CT molecular complexity index is 756. The van der Waals surface area contributed by atoms with Crippen molar-refractivity contribution in [1.29, 1.82) is 0 Å². The highest BCUT2D eigenvalue weighted by Crippen LogP contribution is 2.39. The number of ketones is 1. The first kappa shape index (κ1) is 15.2. The lowest BCUT2D eigenvalue weighted by Gasteiger charge is -2.40. The van der Waals surface area contributed by atoms with Gasteiger partial charge in [0.2, 0.25) is 0 Å². The molecule has 0 spiro atoms. The van der Waals surface area contributed by atoms with Gasteiger partial charge in [-0.15, -0.1) is 0 Å². The standard InChI is InChI=1S/C16H15FN2O4/c1-3-23-15(21)13-8(2)18-16(22)19-7-12(20)11-6-9(17)4-5-10(11)14(13)19/h4-6,14H,3,7H2,1-2H3,(H,18,22). The number of allylic oxidation sites excluding steroid dienone is 1. The second-order valence-corrected chi connectivity index (χ2v) is 5.37. The summed E-state index contributed by atoms with van der Waals surface area (Å²) >= 11 is 0. The molecule has 1 aromatic rings. The van der Waals surface area contributed by atoms with Gasteiger partial charge in [0.05, 0.1) is 24.8 Å². The zero-order valence-electron chi connectivity index (χ0n) is 12.7. The number of rotatable bonds is 2. The van der Waals surface area contributed by atoms with Crippen LogP contribution in [0.15, 0.2) is 29.5 Å². The van der Waals surface area contributed by atoms with Gasteiger partial charge >= 0.3 is 12.0 Å². The van der Waals surface area contributed by atoms with Crippen LogP contribution in [0, 0.1) is 5.82 Å². The van der Waals surface area contributed by atoms with Crippen molar-refractivity contribution >= 4 is 17.8 Å². The number of hydrogen-bond acceptors (Lipinski definition) is 4. The molecule has 1 N–H and O–H groups in total. The van der Waals surface area contributed by atoms with Crippen molar-refractivity contribution in [2.45, 2.75) is 19.9 Å². The molecule has 6 nitrogen and oxygen atoms in total. The van der Waals surface area contributed by atoms with E-state index in [2.05, 4.69) is 5.32 Å². The van der Waals surface area contributed by atoms with E-state index >= 15 is 0 Å². The van der Waals surface area contributed by atoms with Crippen LogP contribution in [-0.4, -0.2) is 35.8 Å². The first-order chi connectivity index (χ1) is 10.9. The fourth-order valence-corrected chi connectivity index (χ4v) is 2.99. The molecule has 0 bridgehead atoms. The summed E-state index contributed by atoms with van der Waals surface area (Å²) in [5, 5.41) is 2.57. The molecule has 0 saturated carbocycles. The number of carbonyl (C=O) groups excluding carboxylic acids is 3. The van der Waals surface area contributed by atoms with Crippen LogP contribution < -0.4 is 5.32 Å². The van der Waals surface area contributed by atoms with E-state index in [4.69, 9.17) is 4.74 Å². The number of amides is 2. The number of fused-ring (bicyclic) bond motifs is 3. The summed E-state index contributed by atoms with van der Waals surface area (Å²) in [5.74, 6) is -1.47.